The molecular weight excluding hydrogens is 292 g/mol. The average molecular weight is 312 g/mol. The molecule has 120 valence electrons. The van der Waals surface area contributed by atoms with Gasteiger partial charge in [-0.2, -0.15) is 10.2 Å². The summed E-state index contributed by atoms with van der Waals surface area (Å²) in [5.41, 5.74) is 3.20. The van der Waals surface area contributed by atoms with Crippen LogP contribution in [-0.4, -0.2) is 50.2 Å². The number of aromatic nitrogens is 5. The second-order valence-corrected chi connectivity index (χ2v) is 6.04. The molecule has 4 heterocycles. The van der Waals surface area contributed by atoms with Gasteiger partial charge in [0.2, 0.25) is 0 Å². The number of fused-ring (bicyclic) bond motifs is 1. The van der Waals surface area contributed by atoms with Crippen LogP contribution in [0.4, 0.5) is 5.82 Å². The van der Waals surface area contributed by atoms with Crippen LogP contribution in [0.25, 0.3) is 5.52 Å². The predicted molar refractivity (Wildman–Crippen MR) is 86.6 cm³/mol. The molecule has 0 saturated carbocycles. The summed E-state index contributed by atoms with van der Waals surface area (Å²) in [5, 5.41) is 8.81. The van der Waals surface area contributed by atoms with E-state index >= 15 is 0 Å². The highest BCUT2D eigenvalue weighted by atomic mass is 16.5. The van der Waals surface area contributed by atoms with E-state index < -0.39 is 0 Å². The van der Waals surface area contributed by atoms with E-state index in [-0.39, 0.29) is 6.10 Å². The van der Waals surface area contributed by atoms with Gasteiger partial charge in [0.25, 0.3) is 0 Å². The van der Waals surface area contributed by atoms with E-state index in [9.17, 15) is 0 Å². The Labute approximate surface area is 134 Å². The summed E-state index contributed by atoms with van der Waals surface area (Å²) in [7, 11) is 0. The highest BCUT2D eigenvalue weighted by molar-refractivity contribution is 5.69. The van der Waals surface area contributed by atoms with Gasteiger partial charge in [0.15, 0.2) is 5.82 Å². The van der Waals surface area contributed by atoms with E-state index in [1.807, 2.05) is 41.6 Å². The summed E-state index contributed by atoms with van der Waals surface area (Å²) in [6, 6.07) is 2.07. The van der Waals surface area contributed by atoms with Crippen LogP contribution in [-0.2, 0) is 11.3 Å². The van der Waals surface area contributed by atoms with Gasteiger partial charge < -0.3 is 9.64 Å². The third-order valence-corrected chi connectivity index (χ3v) is 4.08. The Hall–Kier alpha value is -2.41. The van der Waals surface area contributed by atoms with Gasteiger partial charge in [0, 0.05) is 31.7 Å². The van der Waals surface area contributed by atoms with E-state index in [0.717, 1.165) is 36.7 Å². The summed E-state index contributed by atoms with van der Waals surface area (Å²) in [5.74, 6) is 0.970. The van der Waals surface area contributed by atoms with Crippen molar-refractivity contribution in [3.05, 3.63) is 42.1 Å². The summed E-state index contributed by atoms with van der Waals surface area (Å²) >= 11 is 0. The number of aryl methyl sites for hydroxylation is 2. The first kappa shape index (κ1) is 14.2. The van der Waals surface area contributed by atoms with Gasteiger partial charge >= 0.3 is 0 Å². The molecule has 0 N–H and O–H groups in total. The fraction of sp³-hybridized carbons (Fsp3) is 0.438. The van der Waals surface area contributed by atoms with Crippen molar-refractivity contribution < 1.29 is 4.74 Å². The van der Waals surface area contributed by atoms with Crippen molar-refractivity contribution in [2.45, 2.75) is 26.5 Å². The zero-order chi connectivity index (χ0) is 15.8. The van der Waals surface area contributed by atoms with Crippen LogP contribution in [0, 0.1) is 13.8 Å². The highest BCUT2D eigenvalue weighted by Gasteiger charge is 2.24. The quantitative estimate of drug-likeness (QED) is 0.732. The van der Waals surface area contributed by atoms with E-state index in [4.69, 9.17) is 4.74 Å². The molecule has 0 amide bonds. The van der Waals surface area contributed by atoms with Gasteiger partial charge in [0.1, 0.15) is 5.52 Å². The second-order valence-electron chi connectivity index (χ2n) is 6.04. The highest BCUT2D eigenvalue weighted by Crippen LogP contribution is 2.22. The first-order valence-corrected chi connectivity index (χ1v) is 7.85. The Morgan fingerprint density at radius 3 is 3.09 bits per heavy atom. The third-order valence-electron chi connectivity index (χ3n) is 4.08. The molecule has 3 aromatic rings. The van der Waals surface area contributed by atoms with Gasteiger partial charge in [-0.1, -0.05) is 0 Å². The van der Waals surface area contributed by atoms with Crippen LogP contribution in [0.5, 0.6) is 0 Å². The van der Waals surface area contributed by atoms with Gasteiger partial charge in [0.05, 0.1) is 31.1 Å². The number of rotatable bonds is 3. The van der Waals surface area contributed by atoms with Crippen molar-refractivity contribution in [3.8, 4) is 0 Å². The SMILES string of the molecule is Cc1cnn(C[C@H]2CN(c3nccn4nc(C)cc34)CCO2)c1. The fourth-order valence-corrected chi connectivity index (χ4v) is 3.07. The molecule has 0 bridgehead atoms. The molecule has 0 unspecified atom stereocenters. The minimum Gasteiger partial charge on any atom is -0.373 e. The molecule has 1 aliphatic rings. The van der Waals surface area contributed by atoms with Crippen molar-refractivity contribution >= 4 is 11.3 Å². The zero-order valence-electron chi connectivity index (χ0n) is 13.4. The predicted octanol–water partition coefficient (Wildman–Crippen LogP) is 1.45. The van der Waals surface area contributed by atoms with Crippen LogP contribution in [0.15, 0.2) is 30.9 Å². The second kappa shape index (κ2) is 5.66. The van der Waals surface area contributed by atoms with Crippen molar-refractivity contribution in [3.63, 3.8) is 0 Å². The molecule has 0 aromatic carbocycles. The lowest BCUT2D eigenvalue weighted by Crippen LogP contribution is -2.44. The number of morpholine rings is 1. The largest absolute Gasteiger partial charge is 0.373 e. The van der Waals surface area contributed by atoms with Crippen molar-refractivity contribution in [2.75, 3.05) is 24.6 Å². The molecule has 7 heteroatoms. The number of hydrogen-bond acceptors (Lipinski definition) is 5. The number of hydrogen-bond donors (Lipinski definition) is 0. The maximum absolute atomic E-state index is 5.91. The molecule has 1 saturated heterocycles. The van der Waals surface area contributed by atoms with E-state index in [1.165, 1.54) is 5.56 Å². The first-order chi connectivity index (χ1) is 11.2. The van der Waals surface area contributed by atoms with Gasteiger partial charge in [-0.25, -0.2) is 9.50 Å². The summed E-state index contributed by atoms with van der Waals surface area (Å²) in [6.07, 6.45) is 7.71. The minimum absolute atomic E-state index is 0.106. The lowest BCUT2D eigenvalue weighted by molar-refractivity contribution is 0.0272. The lowest BCUT2D eigenvalue weighted by atomic mass is 10.2. The Morgan fingerprint density at radius 2 is 2.26 bits per heavy atom. The van der Waals surface area contributed by atoms with E-state index in [2.05, 4.69) is 26.1 Å². The summed E-state index contributed by atoms with van der Waals surface area (Å²) < 4.78 is 9.74. The molecule has 0 radical (unpaired) electrons. The van der Waals surface area contributed by atoms with Gasteiger partial charge in [-0.05, 0) is 25.5 Å². The standard InChI is InChI=1S/C16H20N6O/c1-12-8-18-21(9-12)11-14-10-20(5-6-23-14)16-15-7-13(2)19-22(15)4-3-17-16/h3-4,7-9,14H,5-6,10-11H2,1-2H3/t14-/m1/s1. The molecule has 23 heavy (non-hydrogen) atoms. The molecule has 3 aromatic heterocycles. The average Bonchev–Trinajstić information content (AvgIpc) is 3.11. The maximum Gasteiger partial charge on any atom is 0.154 e. The molecule has 0 aliphatic carbocycles. The smallest absolute Gasteiger partial charge is 0.154 e. The summed E-state index contributed by atoms with van der Waals surface area (Å²) in [6.45, 7) is 7.14. The van der Waals surface area contributed by atoms with Crippen molar-refractivity contribution in [1.29, 1.82) is 0 Å². The Balaban J connectivity index is 1.56. The van der Waals surface area contributed by atoms with Crippen LogP contribution in [0.3, 0.4) is 0 Å². The van der Waals surface area contributed by atoms with E-state index in [1.54, 1.807) is 6.20 Å². The Morgan fingerprint density at radius 1 is 1.35 bits per heavy atom. The molecule has 0 spiro atoms. The number of nitrogens with zero attached hydrogens (tertiary/aromatic N) is 6. The number of ether oxygens (including phenoxy) is 1. The monoisotopic (exact) mass is 312 g/mol. The topological polar surface area (TPSA) is 60.5 Å². The van der Waals surface area contributed by atoms with Crippen LogP contribution < -0.4 is 4.90 Å². The van der Waals surface area contributed by atoms with Crippen LogP contribution in [0.1, 0.15) is 11.3 Å². The van der Waals surface area contributed by atoms with E-state index in [0.29, 0.717) is 6.61 Å². The Kier molecular flexibility index (Phi) is 3.49. The zero-order valence-corrected chi connectivity index (χ0v) is 13.4. The molecular formula is C16H20N6O. The van der Waals surface area contributed by atoms with Crippen molar-refractivity contribution in [1.82, 2.24) is 24.4 Å². The van der Waals surface area contributed by atoms with Crippen LogP contribution in [0.2, 0.25) is 0 Å². The maximum atomic E-state index is 5.91. The lowest BCUT2D eigenvalue weighted by Gasteiger charge is -2.33. The minimum atomic E-state index is 0.106. The molecule has 1 aliphatic heterocycles. The van der Waals surface area contributed by atoms with Crippen molar-refractivity contribution in [2.24, 2.45) is 0 Å². The molecule has 7 nitrogen and oxygen atoms in total. The molecule has 1 atom stereocenters. The third kappa shape index (κ3) is 2.79. The molecule has 1 fully saturated rings. The molecule has 4 rings (SSSR count). The summed E-state index contributed by atoms with van der Waals surface area (Å²) in [4.78, 5) is 6.86. The number of anilines is 1. The van der Waals surface area contributed by atoms with Gasteiger partial charge in [-0.15, -0.1) is 0 Å². The normalized spacial score (nSPS) is 18.7. The fourth-order valence-electron chi connectivity index (χ4n) is 3.07. The Bertz CT molecular complexity index is 823. The van der Waals surface area contributed by atoms with Gasteiger partial charge in [-0.3, -0.25) is 4.68 Å². The van der Waals surface area contributed by atoms with Crippen LogP contribution >= 0.6 is 0 Å². The first-order valence-electron chi connectivity index (χ1n) is 7.85.